The molecule has 2 heteroatoms. The summed E-state index contributed by atoms with van der Waals surface area (Å²) in [5, 5.41) is 3.38. The second-order valence-electron chi connectivity index (χ2n) is 5.17. The second kappa shape index (κ2) is 10.2. The Kier molecular flexibility index (Phi) is 9.72. The van der Waals surface area contributed by atoms with Crippen molar-refractivity contribution >= 4 is 5.78 Å². The lowest BCUT2D eigenvalue weighted by Gasteiger charge is -2.27. The van der Waals surface area contributed by atoms with Gasteiger partial charge in [0, 0.05) is 18.7 Å². The number of hydrogen-bond acceptors (Lipinski definition) is 2. The van der Waals surface area contributed by atoms with Crippen molar-refractivity contribution in [2.24, 2.45) is 11.8 Å². The minimum Gasteiger partial charge on any atom is -0.388 e. The SMILES string of the molecule is CC.CCC(=O)/C=C(/C)NCC1CCCC(C)C1. The van der Waals surface area contributed by atoms with E-state index in [1.165, 1.54) is 25.7 Å². The largest absolute Gasteiger partial charge is 0.388 e. The standard InChI is InChI=1S/C14H25NO.C2H6/c1-4-14(16)9-12(3)15-10-13-7-5-6-11(2)8-13;1-2/h9,11,13,15H,4-8,10H2,1-3H3;1-2H3/b12-9-;. The quantitative estimate of drug-likeness (QED) is 0.740. The van der Waals surface area contributed by atoms with Crippen molar-refractivity contribution < 1.29 is 4.79 Å². The highest BCUT2D eigenvalue weighted by molar-refractivity contribution is 5.89. The number of carbonyl (C=O) groups excluding carboxylic acids is 1. The molecule has 0 amide bonds. The maximum absolute atomic E-state index is 11.2. The average molecular weight is 253 g/mol. The first-order chi connectivity index (χ1) is 8.61. The number of rotatable bonds is 5. The Morgan fingerprint density at radius 3 is 2.56 bits per heavy atom. The van der Waals surface area contributed by atoms with Crippen LogP contribution in [0.2, 0.25) is 0 Å². The number of hydrogen-bond donors (Lipinski definition) is 1. The van der Waals surface area contributed by atoms with Crippen molar-refractivity contribution in [2.75, 3.05) is 6.54 Å². The molecule has 1 fully saturated rings. The lowest BCUT2D eigenvalue weighted by Crippen LogP contribution is -2.25. The molecule has 1 rings (SSSR count). The first-order valence-corrected chi connectivity index (χ1v) is 7.56. The molecule has 0 saturated heterocycles. The van der Waals surface area contributed by atoms with Gasteiger partial charge in [0.2, 0.25) is 0 Å². The van der Waals surface area contributed by atoms with E-state index >= 15 is 0 Å². The summed E-state index contributed by atoms with van der Waals surface area (Å²) in [6, 6.07) is 0. The number of carbonyl (C=O) groups is 1. The van der Waals surface area contributed by atoms with Crippen molar-refractivity contribution in [3.8, 4) is 0 Å². The van der Waals surface area contributed by atoms with Crippen LogP contribution in [0.25, 0.3) is 0 Å². The van der Waals surface area contributed by atoms with E-state index in [4.69, 9.17) is 0 Å². The molecule has 1 aliphatic carbocycles. The zero-order chi connectivity index (χ0) is 14.0. The molecule has 0 aromatic heterocycles. The molecular weight excluding hydrogens is 222 g/mol. The van der Waals surface area contributed by atoms with E-state index in [0.717, 1.165) is 24.1 Å². The van der Waals surface area contributed by atoms with Gasteiger partial charge in [-0.25, -0.2) is 0 Å². The van der Waals surface area contributed by atoms with Crippen LogP contribution >= 0.6 is 0 Å². The molecule has 106 valence electrons. The Balaban J connectivity index is 0.00000137. The van der Waals surface area contributed by atoms with Crippen molar-refractivity contribution in [3.05, 3.63) is 11.8 Å². The lowest BCUT2D eigenvalue weighted by molar-refractivity contribution is -0.114. The maximum atomic E-state index is 11.2. The molecule has 2 unspecified atom stereocenters. The van der Waals surface area contributed by atoms with Crippen molar-refractivity contribution in [3.63, 3.8) is 0 Å². The third kappa shape index (κ3) is 7.52. The van der Waals surface area contributed by atoms with Crippen molar-refractivity contribution in [1.82, 2.24) is 5.32 Å². The molecule has 2 nitrogen and oxygen atoms in total. The Bertz CT molecular complexity index is 258. The zero-order valence-electron chi connectivity index (χ0n) is 12.9. The van der Waals surface area contributed by atoms with E-state index in [1.54, 1.807) is 6.08 Å². The van der Waals surface area contributed by atoms with Crippen LogP contribution in [0.5, 0.6) is 0 Å². The minimum atomic E-state index is 0.210. The van der Waals surface area contributed by atoms with Crippen LogP contribution in [0.4, 0.5) is 0 Å². The van der Waals surface area contributed by atoms with Gasteiger partial charge < -0.3 is 5.32 Å². The first-order valence-electron chi connectivity index (χ1n) is 7.56. The molecule has 0 aliphatic heterocycles. The zero-order valence-corrected chi connectivity index (χ0v) is 12.9. The van der Waals surface area contributed by atoms with E-state index in [0.29, 0.717) is 6.42 Å². The first kappa shape index (κ1) is 17.2. The molecular formula is C16H31NO. The third-order valence-electron chi connectivity index (χ3n) is 3.44. The summed E-state index contributed by atoms with van der Waals surface area (Å²) in [6.07, 6.45) is 7.75. The smallest absolute Gasteiger partial charge is 0.157 e. The van der Waals surface area contributed by atoms with E-state index in [1.807, 2.05) is 27.7 Å². The highest BCUT2D eigenvalue weighted by Crippen LogP contribution is 2.27. The summed E-state index contributed by atoms with van der Waals surface area (Å²) in [5.74, 6) is 1.88. The van der Waals surface area contributed by atoms with Crippen LogP contribution in [0.3, 0.4) is 0 Å². The summed E-state index contributed by atoms with van der Waals surface area (Å²) in [5.41, 5.74) is 1.02. The third-order valence-corrected chi connectivity index (χ3v) is 3.44. The average Bonchev–Trinajstić information content (AvgIpc) is 2.38. The van der Waals surface area contributed by atoms with Gasteiger partial charge in [0.05, 0.1) is 0 Å². The molecule has 1 saturated carbocycles. The molecule has 0 heterocycles. The summed E-state index contributed by atoms with van der Waals surface area (Å²) < 4.78 is 0. The van der Waals surface area contributed by atoms with Gasteiger partial charge in [-0.3, -0.25) is 4.79 Å². The van der Waals surface area contributed by atoms with Gasteiger partial charge in [-0.2, -0.15) is 0 Å². The second-order valence-corrected chi connectivity index (χ2v) is 5.17. The van der Waals surface area contributed by atoms with Gasteiger partial charge in [-0.1, -0.05) is 40.5 Å². The summed E-state index contributed by atoms with van der Waals surface area (Å²) in [6.45, 7) is 11.3. The van der Waals surface area contributed by atoms with Crippen molar-refractivity contribution in [1.29, 1.82) is 0 Å². The van der Waals surface area contributed by atoms with Gasteiger partial charge in [-0.15, -0.1) is 0 Å². The number of ketones is 1. The monoisotopic (exact) mass is 253 g/mol. The molecule has 0 bridgehead atoms. The normalized spacial score (nSPS) is 23.9. The summed E-state index contributed by atoms with van der Waals surface area (Å²) in [4.78, 5) is 11.2. The van der Waals surface area contributed by atoms with Crippen LogP contribution in [-0.4, -0.2) is 12.3 Å². The fraction of sp³-hybridized carbons (Fsp3) is 0.812. The number of allylic oxidation sites excluding steroid dienone is 2. The van der Waals surface area contributed by atoms with Crippen LogP contribution in [0, 0.1) is 11.8 Å². The molecule has 1 aliphatic rings. The van der Waals surface area contributed by atoms with Crippen LogP contribution < -0.4 is 5.32 Å². The molecule has 18 heavy (non-hydrogen) atoms. The van der Waals surface area contributed by atoms with Gasteiger partial charge in [0.1, 0.15) is 0 Å². The highest BCUT2D eigenvalue weighted by Gasteiger charge is 2.18. The van der Waals surface area contributed by atoms with Crippen LogP contribution in [0.15, 0.2) is 11.8 Å². The molecule has 0 radical (unpaired) electrons. The van der Waals surface area contributed by atoms with E-state index < -0.39 is 0 Å². The maximum Gasteiger partial charge on any atom is 0.157 e. The molecule has 2 atom stereocenters. The Hall–Kier alpha value is -0.790. The van der Waals surface area contributed by atoms with Gasteiger partial charge in [0.25, 0.3) is 0 Å². The molecule has 0 aromatic rings. The topological polar surface area (TPSA) is 29.1 Å². The predicted molar refractivity (Wildman–Crippen MR) is 79.5 cm³/mol. The Morgan fingerprint density at radius 1 is 1.33 bits per heavy atom. The van der Waals surface area contributed by atoms with E-state index in [2.05, 4.69) is 12.2 Å². The van der Waals surface area contributed by atoms with Crippen LogP contribution in [0.1, 0.15) is 66.7 Å². The fourth-order valence-electron chi connectivity index (χ4n) is 2.45. The van der Waals surface area contributed by atoms with Crippen molar-refractivity contribution in [2.45, 2.75) is 66.7 Å². The van der Waals surface area contributed by atoms with Gasteiger partial charge >= 0.3 is 0 Å². The molecule has 0 spiro atoms. The lowest BCUT2D eigenvalue weighted by atomic mass is 9.82. The Morgan fingerprint density at radius 2 is 2.00 bits per heavy atom. The Labute approximate surface area is 113 Å². The highest BCUT2D eigenvalue weighted by atomic mass is 16.1. The van der Waals surface area contributed by atoms with Gasteiger partial charge in [-0.05, 0) is 37.7 Å². The summed E-state index contributed by atoms with van der Waals surface area (Å²) in [7, 11) is 0. The fourth-order valence-corrected chi connectivity index (χ4v) is 2.45. The molecule has 1 N–H and O–H groups in total. The summed E-state index contributed by atoms with van der Waals surface area (Å²) >= 11 is 0. The van der Waals surface area contributed by atoms with Gasteiger partial charge in [0.15, 0.2) is 5.78 Å². The predicted octanol–water partition coefficient (Wildman–Crippen LogP) is 4.31. The number of nitrogens with one attached hydrogen (secondary N) is 1. The minimum absolute atomic E-state index is 0.210. The molecule has 0 aromatic carbocycles. The van der Waals surface area contributed by atoms with E-state index in [9.17, 15) is 4.79 Å². The van der Waals surface area contributed by atoms with E-state index in [-0.39, 0.29) is 5.78 Å². The van der Waals surface area contributed by atoms with Crippen LogP contribution in [-0.2, 0) is 4.79 Å².